The van der Waals surface area contributed by atoms with Crippen LogP contribution in [0.1, 0.15) is 12.5 Å². The molecule has 0 nitrogen and oxygen atoms in total. The van der Waals surface area contributed by atoms with E-state index < -0.39 is 0 Å². The molecule has 1 aromatic rings. The third kappa shape index (κ3) is 2.52. The van der Waals surface area contributed by atoms with Crippen molar-refractivity contribution in [2.24, 2.45) is 0 Å². The molecule has 0 unspecified atom stereocenters. The summed E-state index contributed by atoms with van der Waals surface area (Å²) in [4.78, 5) is 0. The molecule has 0 aromatic heterocycles. The van der Waals surface area contributed by atoms with E-state index in [-0.39, 0.29) is 0 Å². The Kier molecular flexibility index (Phi) is 2.93. The molecule has 1 heteroatoms. The second-order valence-corrected chi connectivity index (χ2v) is 3.84. The molecule has 0 heterocycles. The van der Waals surface area contributed by atoms with Gasteiger partial charge in [0.2, 0.25) is 0 Å². The molecule has 0 spiro atoms. The van der Waals surface area contributed by atoms with Gasteiger partial charge in [0.05, 0.1) is 0 Å². The Morgan fingerprint density at radius 2 is 1.90 bits per heavy atom. The summed E-state index contributed by atoms with van der Waals surface area (Å²) in [5.41, 5.74) is 1.27. The molecule has 0 atom stereocenters. The van der Waals surface area contributed by atoms with Gasteiger partial charge in [0.1, 0.15) is 0 Å². The Bertz CT molecular complexity index is 220. The number of rotatable bonds is 1. The first-order valence-electron chi connectivity index (χ1n) is 3.18. The topological polar surface area (TPSA) is 0 Å². The highest BCUT2D eigenvalue weighted by Gasteiger charge is 1.83. The molecule has 0 fully saturated rings. The zero-order valence-corrected chi connectivity index (χ0v) is 8.00. The first-order chi connectivity index (χ1) is 4.79. The summed E-state index contributed by atoms with van der Waals surface area (Å²) in [5, 5.41) is 0. The fraction of sp³-hybridized carbons (Fsp3) is 0.111. The minimum Gasteiger partial charge on any atom is -0.0622 e. The summed E-state index contributed by atoms with van der Waals surface area (Å²) in [7, 11) is 0. The van der Waals surface area contributed by atoms with E-state index in [0.29, 0.717) is 0 Å². The molecule has 0 saturated heterocycles. The second-order valence-electron chi connectivity index (χ2n) is 2.14. The highest BCUT2D eigenvalue weighted by Crippen LogP contribution is 2.10. The van der Waals surface area contributed by atoms with E-state index in [1.807, 2.05) is 18.2 Å². The van der Waals surface area contributed by atoms with Gasteiger partial charge < -0.3 is 0 Å². The number of hydrogen-bond donors (Lipinski definition) is 0. The first kappa shape index (κ1) is 7.79. The third-order valence-corrected chi connectivity index (χ3v) is 1.48. The largest absolute Gasteiger partial charge is 0.0622 e. The van der Waals surface area contributed by atoms with Crippen molar-refractivity contribution in [1.29, 1.82) is 0 Å². The maximum absolute atomic E-state index is 2.31. The molecule has 0 aliphatic heterocycles. The smallest absolute Gasteiger partial charge is 0.0119 e. The van der Waals surface area contributed by atoms with Gasteiger partial charge in [-0.2, -0.15) is 0 Å². The van der Waals surface area contributed by atoms with Crippen LogP contribution in [0.3, 0.4) is 0 Å². The average molecular weight is 244 g/mol. The van der Waals surface area contributed by atoms with Crippen molar-refractivity contribution in [1.82, 2.24) is 0 Å². The average Bonchev–Trinajstić information content (AvgIpc) is 1.88. The van der Waals surface area contributed by atoms with Crippen molar-refractivity contribution in [2.45, 2.75) is 6.92 Å². The molecule has 0 bridgehead atoms. The zero-order chi connectivity index (χ0) is 7.40. The molecule has 0 N–H and O–H groups in total. The fourth-order valence-corrected chi connectivity index (χ4v) is 1.14. The maximum atomic E-state index is 2.31. The minimum absolute atomic E-state index is 1.27. The van der Waals surface area contributed by atoms with Crippen LogP contribution >= 0.6 is 22.6 Å². The SMILES string of the molecule is CC(I)=Cc1ccccc1. The molecule has 0 amide bonds. The van der Waals surface area contributed by atoms with Crippen molar-refractivity contribution >= 4 is 28.7 Å². The molecular weight excluding hydrogens is 235 g/mol. The number of hydrogen-bond acceptors (Lipinski definition) is 0. The Hall–Kier alpha value is -0.310. The van der Waals surface area contributed by atoms with E-state index in [2.05, 4.69) is 47.7 Å². The van der Waals surface area contributed by atoms with Gasteiger partial charge in [-0.05, 0) is 44.7 Å². The van der Waals surface area contributed by atoms with Crippen LogP contribution in [0.5, 0.6) is 0 Å². The van der Waals surface area contributed by atoms with Crippen LogP contribution in [0, 0.1) is 0 Å². The summed E-state index contributed by atoms with van der Waals surface area (Å²) in [6.45, 7) is 2.09. The highest BCUT2D eigenvalue weighted by molar-refractivity contribution is 14.1. The van der Waals surface area contributed by atoms with Crippen molar-refractivity contribution < 1.29 is 0 Å². The van der Waals surface area contributed by atoms with Gasteiger partial charge in [-0.3, -0.25) is 0 Å². The lowest BCUT2D eigenvalue weighted by Crippen LogP contribution is -1.67. The van der Waals surface area contributed by atoms with Gasteiger partial charge in [0.25, 0.3) is 0 Å². The van der Waals surface area contributed by atoms with Crippen LogP contribution in [-0.2, 0) is 0 Å². The molecule has 1 rings (SSSR count). The normalized spacial score (nSPS) is 11.6. The van der Waals surface area contributed by atoms with Crippen molar-refractivity contribution in [3.8, 4) is 0 Å². The van der Waals surface area contributed by atoms with Crippen molar-refractivity contribution in [3.05, 3.63) is 39.5 Å². The Balaban J connectivity index is 2.87. The summed E-state index contributed by atoms with van der Waals surface area (Å²) in [6.07, 6.45) is 2.15. The number of benzene rings is 1. The van der Waals surface area contributed by atoms with Gasteiger partial charge >= 0.3 is 0 Å². The van der Waals surface area contributed by atoms with Gasteiger partial charge in [0.15, 0.2) is 0 Å². The maximum Gasteiger partial charge on any atom is -0.0119 e. The van der Waals surface area contributed by atoms with E-state index >= 15 is 0 Å². The quantitative estimate of drug-likeness (QED) is 0.663. The van der Waals surface area contributed by atoms with Crippen LogP contribution in [0.4, 0.5) is 0 Å². The van der Waals surface area contributed by atoms with Gasteiger partial charge in [-0.1, -0.05) is 30.3 Å². The molecule has 0 saturated carbocycles. The van der Waals surface area contributed by atoms with Gasteiger partial charge in [0, 0.05) is 0 Å². The molecule has 52 valence electrons. The van der Waals surface area contributed by atoms with Crippen molar-refractivity contribution in [3.63, 3.8) is 0 Å². The molecule has 0 aliphatic carbocycles. The summed E-state index contributed by atoms with van der Waals surface area (Å²) >= 11 is 2.31. The van der Waals surface area contributed by atoms with Crippen LogP contribution in [-0.4, -0.2) is 0 Å². The lowest BCUT2D eigenvalue weighted by atomic mass is 10.2. The van der Waals surface area contributed by atoms with Crippen LogP contribution in [0.25, 0.3) is 6.08 Å². The summed E-state index contributed by atoms with van der Waals surface area (Å²) < 4.78 is 1.31. The van der Waals surface area contributed by atoms with E-state index in [1.165, 1.54) is 9.14 Å². The van der Waals surface area contributed by atoms with E-state index in [0.717, 1.165) is 0 Å². The third-order valence-electron chi connectivity index (χ3n) is 1.17. The molecule has 0 radical (unpaired) electrons. The minimum atomic E-state index is 1.27. The summed E-state index contributed by atoms with van der Waals surface area (Å²) in [5.74, 6) is 0. The van der Waals surface area contributed by atoms with E-state index in [1.54, 1.807) is 0 Å². The zero-order valence-electron chi connectivity index (χ0n) is 5.84. The standard InChI is InChI=1S/C9H9I/c1-8(10)7-9-5-3-2-4-6-9/h2-7H,1H3. The fourth-order valence-electron chi connectivity index (χ4n) is 0.779. The van der Waals surface area contributed by atoms with Crippen LogP contribution in [0.15, 0.2) is 33.9 Å². The van der Waals surface area contributed by atoms with Crippen LogP contribution in [0.2, 0.25) is 0 Å². The second kappa shape index (κ2) is 3.76. The first-order valence-corrected chi connectivity index (χ1v) is 4.26. The number of allylic oxidation sites excluding steroid dienone is 1. The lowest BCUT2D eigenvalue weighted by molar-refractivity contribution is 1.64. The highest BCUT2D eigenvalue weighted by atomic mass is 127. The Labute approximate surface area is 75.1 Å². The Morgan fingerprint density at radius 3 is 2.40 bits per heavy atom. The molecule has 10 heavy (non-hydrogen) atoms. The van der Waals surface area contributed by atoms with Gasteiger partial charge in [-0.15, -0.1) is 0 Å². The predicted octanol–water partition coefficient (Wildman–Crippen LogP) is 3.48. The van der Waals surface area contributed by atoms with Crippen molar-refractivity contribution in [2.75, 3.05) is 0 Å². The summed E-state index contributed by atoms with van der Waals surface area (Å²) in [6, 6.07) is 10.3. The Morgan fingerprint density at radius 1 is 1.30 bits per heavy atom. The molecule has 1 aromatic carbocycles. The van der Waals surface area contributed by atoms with E-state index in [4.69, 9.17) is 0 Å². The lowest BCUT2D eigenvalue weighted by Gasteiger charge is -1.90. The monoisotopic (exact) mass is 244 g/mol. The molecular formula is C9H9I. The predicted molar refractivity (Wildman–Crippen MR) is 54.1 cm³/mol. The van der Waals surface area contributed by atoms with Crippen LogP contribution < -0.4 is 0 Å². The molecule has 0 aliphatic rings. The van der Waals surface area contributed by atoms with Gasteiger partial charge in [-0.25, -0.2) is 0 Å². The number of halogens is 1. The van der Waals surface area contributed by atoms with E-state index in [9.17, 15) is 0 Å².